The molecule has 1 heterocycles. The number of carbonyl (C=O) groups is 1. The van der Waals surface area contributed by atoms with E-state index in [9.17, 15) is 9.90 Å². The molecule has 1 fully saturated rings. The third kappa shape index (κ3) is 5.54. The number of hydrogen-bond acceptors (Lipinski definition) is 3. The Bertz CT molecular complexity index is 484. The number of amides is 1. The molecule has 1 aromatic rings. The van der Waals surface area contributed by atoms with Crippen LogP contribution in [-0.4, -0.2) is 42.2 Å². The minimum atomic E-state index is -0.319. The highest BCUT2D eigenvalue weighted by Crippen LogP contribution is 2.21. The van der Waals surface area contributed by atoms with Crippen LogP contribution in [0.5, 0.6) is 5.75 Å². The van der Waals surface area contributed by atoms with E-state index in [2.05, 4.69) is 12.1 Å². The Balaban J connectivity index is 1.68. The summed E-state index contributed by atoms with van der Waals surface area (Å²) in [4.78, 5) is 14.2. The lowest BCUT2D eigenvalue weighted by atomic mass is 9.93. The molecule has 23 heavy (non-hydrogen) atoms. The highest BCUT2D eigenvalue weighted by atomic mass is 16.5. The number of unbranched alkanes of at least 4 members (excludes halogenated alkanes) is 1. The van der Waals surface area contributed by atoms with E-state index in [1.165, 1.54) is 5.56 Å². The van der Waals surface area contributed by atoms with E-state index in [4.69, 9.17) is 4.74 Å². The van der Waals surface area contributed by atoms with Gasteiger partial charge in [0.2, 0.25) is 5.91 Å². The standard InChI is InChI=1S/C19H29NO3/c1-15(21)17-7-5-13-20(14-17)19(22)8-4-3-6-16-9-11-18(23-2)12-10-16/h9-12,15,17,21H,3-8,13-14H2,1-2H3. The van der Waals surface area contributed by atoms with Crippen molar-refractivity contribution < 1.29 is 14.6 Å². The molecule has 0 saturated carbocycles. The molecule has 1 aliphatic heterocycles. The lowest BCUT2D eigenvalue weighted by Gasteiger charge is -2.34. The first-order chi connectivity index (χ1) is 11.1. The SMILES string of the molecule is COc1ccc(CCCCC(=O)N2CCCC(C(C)O)C2)cc1. The van der Waals surface area contributed by atoms with Crippen molar-refractivity contribution in [3.63, 3.8) is 0 Å². The van der Waals surface area contributed by atoms with Gasteiger partial charge in [0.05, 0.1) is 13.2 Å². The molecule has 0 spiro atoms. The van der Waals surface area contributed by atoms with Crippen molar-refractivity contribution in [1.29, 1.82) is 0 Å². The molecule has 1 aliphatic rings. The summed E-state index contributed by atoms with van der Waals surface area (Å²) in [6, 6.07) is 8.12. The maximum Gasteiger partial charge on any atom is 0.222 e. The summed E-state index contributed by atoms with van der Waals surface area (Å²) in [5.41, 5.74) is 1.28. The Morgan fingerprint density at radius 2 is 2.09 bits per heavy atom. The van der Waals surface area contributed by atoms with Gasteiger partial charge in [0.1, 0.15) is 5.75 Å². The lowest BCUT2D eigenvalue weighted by Crippen LogP contribution is -2.42. The highest BCUT2D eigenvalue weighted by molar-refractivity contribution is 5.76. The summed E-state index contributed by atoms with van der Waals surface area (Å²) in [6.07, 6.45) is 5.26. The van der Waals surface area contributed by atoms with Gasteiger partial charge in [-0.05, 0) is 56.7 Å². The van der Waals surface area contributed by atoms with Crippen LogP contribution in [-0.2, 0) is 11.2 Å². The van der Waals surface area contributed by atoms with Crippen LogP contribution in [0.3, 0.4) is 0 Å². The number of nitrogens with zero attached hydrogens (tertiary/aromatic N) is 1. The topological polar surface area (TPSA) is 49.8 Å². The third-order valence-electron chi connectivity index (χ3n) is 4.76. The summed E-state index contributed by atoms with van der Waals surface area (Å²) in [5, 5.41) is 9.71. The van der Waals surface area contributed by atoms with Crippen molar-refractivity contribution in [2.45, 2.75) is 51.6 Å². The van der Waals surface area contributed by atoms with Crippen LogP contribution in [0.4, 0.5) is 0 Å². The van der Waals surface area contributed by atoms with Crippen LogP contribution in [0.15, 0.2) is 24.3 Å². The van der Waals surface area contributed by atoms with Crippen molar-refractivity contribution in [1.82, 2.24) is 4.90 Å². The molecule has 1 N–H and O–H groups in total. The van der Waals surface area contributed by atoms with Crippen molar-refractivity contribution >= 4 is 5.91 Å². The van der Waals surface area contributed by atoms with Gasteiger partial charge in [-0.2, -0.15) is 0 Å². The smallest absolute Gasteiger partial charge is 0.222 e. The average Bonchev–Trinajstić information content (AvgIpc) is 2.59. The van der Waals surface area contributed by atoms with Crippen LogP contribution in [0.25, 0.3) is 0 Å². The monoisotopic (exact) mass is 319 g/mol. The minimum absolute atomic E-state index is 0.241. The van der Waals surface area contributed by atoms with E-state index >= 15 is 0 Å². The number of methoxy groups -OCH3 is 1. The van der Waals surface area contributed by atoms with Crippen molar-refractivity contribution in [2.24, 2.45) is 5.92 Å². The quantitative estimate of drug-likeness (QED) is 0.786. The Hall–Kier alpha value is -1.55. The second kappa shape index (κ2) is 8.92. The predicted octanol–water partition coefficient (Wildman–Crippen LogP) is 3.03. The van der Waals surface area contributed by atoms with Gasteiger partial charge < -0.3 is 14.7 Å². The zero-order valence-electron chi connectivity index (χ0n) is 14.3. The van der Waals surface area contributed by atoms with E-state index in [1.54, 1.807) is 7.11 Å². The molecular weight excluding hydrogens is 290 g/mol. The summed E-state index contributed by atoms with van der Waals surface area (Å²) >= 11 is 0. The minimum Gasteiger partial charge on any atom is -0.497 e. The zero-order valence-corrected chi connectivity index (χ0v) is 14.3. The van der Waals surface area contributed by atoms with E-state index in [0.717, 1.165) is 50.9 Å². The number of aliphatic hydroxyl groups is 1. The fourth-order valence-electron chi connectivity index (χ4n) is 3.19. The fraction of sp³-hybridized carbons (Fsp3) is 0.632. The van der Waals surface area contributed by atoms with E-state index in [1.807, 2.05) is 24.0 Å². The molecule has 128 valence electrons. The Labute approximate surface area is 139 Å². The van der Waals surface area contributed by atoms with Gasteiger partial charge in [0, 0.05) is 25.4 Å². The average molecular weight is 319 g/mol. The number of benzene rings is 1. The van der Waals surface area contributed by atoms with Gasteiger partial charge in [-0.25, -0.2) is 0 Å². The molecule has 0 bridgehead atoms. The van der Waals surface area contributed by atoms with E-state index in [0.29, 0.717) is 6.42 Å². The molecule has 2 unspecified atom stereocenters. The number of hydrogen-bond donors (Lipinski definition) is 1. The van der Waals surface area contributed by atoms with Gasteiger partial charge >= 0.3 is 0 Å². The fourth-order valence-corrected chi connectivity index (χ4v) is 3.19. The van der Waals surface area contributed by atoms with Gasteiger partial charge in [-0.3, -0.25) is 4.79 Å². The molecule has 0 aromatic heterocycles. The normalized spacial score (nSPS) is 19.4. The number of aryl methyl sites for hydroxylation is 1. The number of aliphatic hydroxyl groups excluding tert-OH is 1. The first-order valence-electron chi connectivity index (χ1n) is 8.69. The van der Waals surface area contributed by atoms with Crippen LogP contribution >= 0.6 is 0 Å². The Morgan fingerprint density at radius 3 is 2.74 bits per heavy atom. The van der Waals surface area contributed by atoms with Gasteiger partial charge in [-0.15, -0.1) is 0 Å². The number of rotatable bonds is 7. The van der Waals surface area contributed by atoms with Crippen molar-refractivity contribution in [3.05, 3.63) is 29.8 Å². The number of likely N-dealkylation sites (tertiary alicyclic amines) is 1. The van der Waals surface area contributed by atoms with Gasteiger partial charge in [0.15, 0.2) is 0 Å². The molecule has 4 nitrogen and oxygen atoms in total. The van der Waals surface area contributed by atoms with E-state index < -0.39 is 0 Å². The molecule has 4 heteroatoms. The molecule has 0 radical (unpaired) electrons. The molecule has 1 aromatic carbocycles. The summed E-state index contributed by atoms with van der Waals surface area (Å²) < 4.78 is 5.15. The molecule has 1 amide bonds. The number of piperidine rings is 1. The third-order valence-corrected chi connectivity index (χ3v) is 4.76. The molecular formula is C19H29NO3. The van der Waals surface area contributed by atoms with Gasteiger partial charge in [-0.1, -0.05) is 12.1 Å². The molecule has 1 saturated heterocycles. The maximum atomic E-state index is 12.3. The maximum absolute atomic E-state index is 12.3. The van der Waals surface area contributed by atoms with Crippen molar-refractivity contribution in [3.8, 4) is 5.75 Å². The largest absolute Gasteiger partial charge is 0.497 e. The second-order valence-corrected chi connectivity index (χ2v) is 6.54. The number of ether oxygens (including phenoxy) is 1. The molecule has 0 aliphatic carbocycles. The predicted molar refractivity (Wildman–Crippen MR) is 91.5 cm³/mol. The lowest BCUT2D eigenvalue weighted by molar-refractivity contribution is -0.133. The highest BCUT2D eigenvalue weighted by Gasteiger charge is 2.25. The molecule has 2 atom stereocenters. The van der Waals surface area contributed by atoms with Crippen molar-refractivity contribution in [2.75, 3.05) is 20.2 Å². The first-order valence-corrected chi connectivity index (χ1v) is 8.69. The molecule has 2 rings (SSSR count). The Kier molecular flexibility index (Phi) is 6.90. The Morgan fingerprint density at radius 1 is 1.35 bits per heavy atom. The summed E-state index contributed by atoms with van der Waals surface area (Å²) in [7, 11) is 1.67. The first kappa shape index (κ1) is 17.8. The van der Waals surface area contributed by atoms with Gasteiger partial charge in [0.25, 0.3) is 0 Å². The summed E-state index contributed by atoms with van der Waals surface area (Å²) in [5.74, 6) is 1.36. The number of carbonyl (C=O) groups excluding carboxylic acids is 1. The van der Waals surface area contributed by atoms with Crippen LogP contribution in [0.1, 0.15) is 44.6 Å². The van der Waals surface area contributed by atoms with Crippen LogP contribution in [0, 0.1) is 5.92 Å². The van der Waals surface area contributed by atoms with E-state index in [-0.39, 0.29) is 17.9 Å². The zero-order chi connectivity index (χ0) is 16.7. The van der Waals surface area contributed by atoms with Crippen LogP contribution < -0.4 is 4.74 Å². The summed E-state index contributed by atoms with van der Waals surface area (Å²) in [6.45, 7) is 3.39. The second-order valence-electron chi connectivity index (χ2n) is 6.54. The van der Waals surface area contributed by atoms with Crippen LogP contribution in [0.2, 0.25) is 0 Å².